The van der Waals surface area contributed by atoms with Crippen molar-refractivity contribution in [2.24, 2.45) is 5.41 Å². The summed E-state index contributed by atoms with van der Waals surface area (Å²) in [4.78, 5) is 26.2. The largest absolute Gasteiger partial charge is 0.444 e. The zero-order valence-electron chi connectivity index (χ0n) is 15.2. The van der Waals surface area contributed by atoms with Crippen LogP contribution in [0.4, 0.5) is 4.79 Å². The van der Waals surface area contributed by atoms with Crippen LogP contribution >= 0.6 is 0 Å². The number of hydrogen-bond acceptors (Lipinski definition) is 4. The Morgan fingerprint density at radius 3 is 2.29 bits per heavy atom. The Morgan fingerprint density at radius 1 is 1.12 bits per heavy atom. The predicted octanol–water partition coefficient (Wildman–Crippen LogP) is 2.03. The molecule has 1 spiro atoms. The predicted molar refractivity (Wildman–Crippen MR) is 91.7 cm³/mol. The van der Waals surface area contributed by atoms with E-state index < -0.39 is 5.60 Å². The van der Waals surface area contributed by atoms with Gasteiger partial charge in [0, 0.05) is 25.7 Å². The molecular formula is C18H31N3O3. The minimum Gasteiger partial charge on any atom is -0.444 e. The number of likely N-dealkylation sites (tertiary alicyclic amines) is 1. The molecule has 2 saturated heterocycles. The van der Waals surface area contributed by atoms with Gasteiger partial charge in [-0.25, -0.2) is 4.79 Å². The first-order valence-corrected chi connectivity index (χ1v) is 9.28. The van der Waals surface area contributed by atoms with Crippen molar-refractivity contribution in [3.8, 4) is 0 Å². The zero-order valence-corrected chi connectivity index (χ0v) is 15.2. The topological polar surface area (TPSA) is 70.7 Å². The second kappa shape index (κ2) is 6.54. The molecule has 2 N–H and O–H groups in total. The normalized spacial score (nSPS) is 27.0. The Balaban J connectivity index is 1.39. The number of nitrogens with one attached hydrogen (secondary N) is 2. The molecule has 0 aromatic rings. The third kappa shape index (κ3) is 4.41. The van der Waals surface area contributed by atoms with E-state index in [0.29, 0.717) is 18.5 Å². The summed E-state index contributed by atoms with van der Waals surface area (Å²) < 4.78 is 5.40. The number of rotatable bonds is 2. The zero-order chi connectivity index (χ0) is 17.4. The highest BCUT2D eigenvalue weighted by Gasteiger charge is 2.46. The molecule has 136 valence electrons. The minimum absolute atomic E-state index is 0.0416. The molecule has 3 aliphatic rings. The van der Waals surface area contributed by atoms with Gasteiger partial charge in [0.2, 0.25) is 5.91 Å². The van der Waals surface area contributed by atoms with Crippen molar-refractivity contribution in [3.63, 3.8) is 0 Å². The van der Waals surface area contributed by atoms with Gasteiger partial charge in [0.05, 0.1) is 6.04 Å². The van der Waals surface area contributed by atoms with Crippen molar-refractivity contribution in [3.05, 3.63) is 0 Å². The fraction of sp³-hybridized carbons (Fsp3) is 0.889. The third-order valence-electron chi connectivity index (χ3n) is 5.45. The molecule has 0 radical (unpaired) electrons. The highest BCUT2D eigenvalue weighted by atomic mass is 16.6. The van der Waals surface area contributed by atoms with E-state index in [1.165, 1.54) is 19.3 Å². The van der Waals surface area contributed by atoms with Crippen molar-refractivity contribution >= 4 is 12.0 Å². The molecule has 3 fully saturated rings. The molecule has 24 heavy (non-hydrogen) atoms. The van der Waals surface area contributed by atoms with Gasteiger partial charge >= 0.3 is 6.09 Å². The molecule has 2 aliphatic heterocycles. The van der Waals surface area contributed by atoms with E-state index in [1.807, 2.05) is 20.8 Å². The van der Waals surface area contributed by atoms with Crippen molar-refractivity contribution in [2.75, 3.05) is 19.6 Å². The van der Waals surface area contributed by atoms with Crippen LogP contribution in [0, 0.1) is 5.41 Å². The van der Waals surface area contributed by atoms with Gasteiger partial charge in [-0.15, -0.1) is 0 Å². The van der Waals surface area contributed by atoms with Crippen LogP contribution < -0.4 is 10.6 Å². The Labute approximate surface area is 144 Å². The van der Waals surface area contributed by atoms with Crippen LogP contribution in [0.5, 0.6) is 0 Å². The van der Waals surface area contributed by atoms with Crippen LogP contribution in [0.3, 0.4) is 0 Å². The summed E-state index contributed by atoms with van der Waals surface area (Å²) >= 11 is 0. The van der Waals surface area contributed by atoms with Gasteiger partial charge in [-0.05, 0) is 64.7 Å². The Kier molecular flexibility index (Phi) is 4.78. The molecule has 1 aliphatic carbocycles. The first-order valence-electron chi connectivity index (χ1n) is 9.28. The van der Waals surface area contributed by atoms with Gasteiger partial charge in [-0.1, -0.05) is 0 Å². The number of piperidine rings is 2. The standard InChI is InChI=1S/C18H31N3O3/c1-17(2,3)24-16(23)21-10-5-13(6-11-21)20-15(22)14-4-7-18(8-9-18)12-19-14/h13-14,19H,4-12H2,1-3H3,(H,20,22). The molecule has 6 nitrogen and oxygen atoms in total. The molecule has 2 amide bonds. The van der Waals surface area contributed by atoms with Gasteiger partial charge in [-0.3, -0.25) is 4.79 Å². The van der Waals surface area contributed by atoms with Crippen LogP contribution in [-0.4, -0.2) is 54.2 Å². The summed E-state index contributed by atoms with van der Waals surface area (Å²) in [7, 11) is 0. The monoisotopic (exact) mass is 337 g/mol. The smallest absolute Gasteiger partial charge is 0.410 e. The van der Waals surface area contributed by atoms with Crippen LogP contribution in [0.25, 0.3) is 0 Å². The first kappa shape index (κ1) is 17.5. The highest BCUT2D eigenvalue weighted by molar-refractivity contribution is 5.82. The van der Waals surface area contributed by atoms with E-state index in [9.17, 15) is 9.59 Å². The lowest BCUT2D eigenvalue weighted by atomic mass is 9.91. The molecule has 0 bridgehead atoms. The van der Waals surface area contributed by atoms with Crippen LogP contribution in [0.1, 0.15) is 59.3 Å². The molecule has 1 unspecified atom stereocenters. The quantitative estimate of drug-likeness (QED) is 0.809. The Bertz CT molecular complexity index is 478. The lowest BCUT2D eigenvalue weighted by molar-refractivity contribution is -0.124. The van der Waals surface area contributed by atoms with E-state index >= 15 is 0 Å². The first-order chi connectivity index (χ1) is 11.3. The summed E-state index contributed by atoms with van der Waals surface area (Å²) in [6.45, 7) is 7.90. The van der Waals surface area contributed by atoms with Gasteiger partial charge in [-0.2, -0.15) is 0 Å². The molecule has 2 heterocycles. The lowest BCUT2D eigenvalue weighted by Gasteiger charge is -2.35. The number of carbonyl (C=O) groups excluding carboxylic acids is 2. The van der Waals surface area contributed by atoms with E-state index in [0.717, 1.165) is 25.8 Å². The van der Waals surface area contributed by atoms with Crippen LogP contribution in [-0.2, 0) is 9.53 Å². The van der Waals surface area contributed by atoms with Crippen molar-refractivity contribution in [1.29, 1.82) is 0 Å². The average Bonchev–Trinajstić information content (AvgIpc) is 3.26. The molecule has 6 heteroatoms. The summed E-state index contributed by atoms with van der Waals surface area (Å²) in [6, 6.07) is 0.120. The molecule has 1 atom stereocenters. The molecule has 1 saturated carbocycles. The van der Waals surface area contributed by atoms with Gasteiger partial charge in [0.15, 0.2) is 0 Å². The van der Waals surface area contributed by atoms with E-state index in [1.54, 1.807) is 4.90 Å². The third-order valence-corrected chi connectivity index (χ3v) is 5.45. The maximum absolute atomic E-state index is 12.4. The molecular weight excluding hydrogens is 306 g/mol. The molecule has 3 rings (SSSR count). The number of ether oxygens (including phenoxy) is 1. The fourth-order valence-corrected chi connectivity index (χ4v) is 3.64. The average molecular weight is 337 g/mol. The second-order valence-corrected chi connectivity index (χ2v) is 8.72. The minimum atomic E-state index is -0.465. The summed E-state index contributed by atoms with van der Waals surface area (Å²) in [6.07, 6.45) is 6.09. The van der Waals surface area contributed by atoms with Crippen LogP contribution in [0.15, 0.2) is 0 Å². The van der Waals surface area contributed by atoms with Gasteiger partial charge < -0.3 is 20.3 Å². The van der Waals surface area contributed by atoms with Crippen molar-refractivity contribution < 1.29 is 14.3 Å². The maximum Gasteiger partial charge on any atom is 0.410 e. The van der Waals surface area contributed by atoms with Gasteiger partial charge in [0.25, 0.3) is 0 Å². The number of nitrogens with zero attached hydrogens (tertiary/aromatic N) is 1. The summed E-state index contributed by atoms with van der Waals surface area (Å²) in [5.41, 5.74) is 0.0588. The van der Waals surface area contributed by atoms with Gasteiger partial charge in [0.1, 0.15) is 5.60 Å². The van der Waals surface area contributed by atoms with Crippen molar-refractivity contribution in [2.45, 2.75) is 77.0 Å². The van der Waals surface area contributed by atoms with E-state index in [2.05, 4.69) is 10.6 Å². The fourth-order valence-electron chi connectivity index (χ4n) is 3.64. The Morgan fingerprint density at radius 2 is 1.79 bits per heavy atom. The Hall–Kier alpha value is -1.30. The SMILES string of the molecule is CC(C)(C)OC(=O)N1CCC(NC(=O)C2CCC3(CC3)CN2)CC1. The second-order valence-electron chi connectivity index (χ2n) is 8.72. The molecule has 0 aromatic heterocycles. The summed E-state index contributed by atoms with van der Waals surface area (Å²) in [5, 5.41) is 6.58. The van der Waals surface area contributed by atoms with E-state index in [4.69, 9.17) is 4.74 Å². The van der Waals surface area contributed by atoms with Crippen molar-refractivity contribution in [1.82, 2.24) is 15.5 Å². The number of carbonyl (C=O) groups is 2. The highest BCUT2D eigenvalue weighted by Crippen LogP contribution is 2.50. The van der Waals surface area contributed by atoms with E-state index in [-0.39, 0.29) is 24.1 Å². The summed E-state index contributed by atoms with van der Waals surface area (Å²) in [5.74, 6) is 0.126. The number of hydrogen-bond donors (Lipinski definition) is 2. The molecule has 0 aromatic carbocycles. The lowest BCUT2D eigenvalue weighted by Crippen LogP contribution is -2.54. The number of amides is 2. The maximum atomic E-state index is 12.4. The van der Waals surface area contributed by atoms with Crippen LogP contribution in [0.2, 0.25) is 0 Å².